The molecule has 90 valence electrons. The number of nitrogens with zero attached hydrogens (tertiary/aromatic N) is 1. The Balaban J connectivity index is 2.11. The Hall–Kier alpha value is -1.90. The van der Waals surface area contributed by atoms with Gasteiger partial charge in [-0.3, -0.25) is 0 Å². The van der Waals surface area contributed by atoms with Gasteiger partial charge in [-0.2, -0.15) is 0 Å². The number of hydrogen-bond acceptors (Lipinski definition) is 3. The zero-order valence-corrected chi connectivity index (χ0v) is 10.5. The van der Waals surface area contributed by atoms with E-state index in [-0.39, 0.29) is 0 Å². The molecular weight excluding hydrogens is 212 g/mol. The largest absolute Gasteiger partial charge is 0.464 e. The van der Waals surface area contributed by atoms with Gasteiger partial charge < -0.3 is 14.6 Å². The number of benzene rings is 1. The summed E-state index contributed by atoms with van der Waals surface area (Å²) in [5, 5.41) is 3.14. The first kappa shape index (κ1) is 11.6. The molecule has 0 bridgehead atoms. The molecule has 0 aliphatic rings. The molecule has 1 N–H and O–H groups in total. The van der Waals surface area contributed by atoms with Crippen LogP contribution in [0.4, 0.5) is 11.4 Å². The fourth-order valence-electron chi connectivity index (χ4n) is 1.79. The van der Waals surface area contributed by atoms with Crippen LogP contribution in [0.5, 0.6) is 0 Å². The highest BCUT2D eigenvalue weighted by molar-refractivity contribution is 5.57. The summed E-state index contributed by atoms with van der Waals surface area (Å²) >= 11 is 0. The minimum Gasteiger partial charge on any atom is -0.464 e. The van der Waals surface area contributed by atoms with E-state index in [1.165, 1.54) is 5.69 Å². The fourth-order valence-corrected chi connectivity index (χ4v) is 1.79. The van der Waals surface area contributed by atoms with Crippen molar-refractivity contribution in [2.45, 2.75) is 13.5 Å². The van der Waals surface area contributed by atoms with E-state index in [9.17, 15) is 0 Å². The van der Waals surface area contributed by atoms with Crippen LogP contribution in [0.25, 0.3) is 0 Å². The molecule has 0 spiro atoms. The average Bonchev–Trinajstić information content (AvgIpc) is 2.75. The zero-order chi connectivity index (χ0) is 12.3. The van der Waals surface area contributed by atoms with E-state index in [0.717, 1.165) is 23.8 Å². The number of anilines is 2. The molecule has 0 amide bonds. The van der Waals surface area contributed by atoms with Crippen LogP contribution in [-0.4, -0.2) is 14.1 Å². The van der Waals surface area contributed by atoms with Crippen LogP contribution in [0.1, 0.15) is 11.5 Å². The molecule has 1 aromatic heterocycles. The third kappa shape index (κ3) is 2.81. The van der Waals surface area contributed by atoms with E-state index in [2.05, 4.69) is 29.4 Å². The summed E-state index contributed by atoms with van der Waals surface area (Å²) in [5.41, 5.74) is 2.29. The van der Waals surface area contributed by atoms with Crippen LogP contribution < -0.4 is 10.2 Å². The Kier molecular flexibility index (Phi) is 3.38. The van der Waals surface area contributed by atoms with Crippen molar-refractivity contribution >= 4 is 11.4 Å². The maximum absolute atomic E-state index is 5.57. The van der Waals surface area contributed by atoms with Gasteiger partial charge in [-0.05, 0) is 37.3 Å². The van der Waals surface area contributed by atoms with Gasteiger partial charge >= 0.3 is 0 Å². The van der Waals surface area contributed by atoms with Gasteiger partial charge in [0.2, 0.25) is 0 Å². The van der Waals surface area contributed by atoms with Gasteiger partial charge in [0.15, 0.2) is 0 Å². The van der Waals surface area contributed by atoms with Gasteiger partial charge in [0.25, 0.3) is 0 Å². The smallest absolute Gasteiger partial charge is 0.123 e. The fraction of sp³-hybridized carbons (Fsp3) is 0.286. The molecule has 0 aliphatic carbocycles. The normalized spacial score (nSPS) is 10.3. The van der Waals surface area contributed by atoms with E-state index in [0.29, 0.717) is 0 Å². The third-order valence-corrected chi connectivity index (χ3v) is 2.76. The summed E-state index contributed by atoms with van der Waals surface area (Å²) in [4.78, 5) is 2.17. The second-order valence-electron chi connectivity index (χ2n) is 4.17. The molecule has 2 rings (SSSR count). The summed E-state index contributed by atoms with van der Waals surface area (Å²) in [6.45, 7) is 2.74. The molecule has 0 radical (unpaired) electrons. The van der Waals surface area contributed by atoms with Gasteiger partial charge in [-0.25, -0.2) is 0 Å². The van der Waals surface area contributed by atoms with Crippen molar-refractivity contribution in [3.8, 4) is 0 Å². The molecule has 17 heavy (non-hydrogen) atoms. The maximum atomic E-state index is 5.57. The monoisotopic (exact) mass is 230 g/mol. The molecule has 0 fully saturated rings. The minimum absolute atomic E-state index is 0.779. The van der Waals surface area contributed by atoms with Crippen molar-refractivity contribution in [2.24, 2.45) is 0 Å². The van der Waals surface area contributed by atoms with Crippen molar-refractivity contribution in [3.05, 3.63) is 47.9 Å². The Morgan fingerprint density at radius 1 is 1.24 bits per heavy atom. The second kappa shape index (κ2) is 4.95. The molecule has 1 aromatic carbocycles. The molecule has 0 saturated carbocycles. The van der Waals surface area contributed by atoms with Crippen LogP contribution in [0.15, 0.2) is 40.8 Å². The summed E-state index contributed by atoms with van der Waals surface area (Å²) < 4.78 is 5.57. The summed E-state index contributed by atoms with van der Waals surface area (Å²) in [6.07, 6.45) is 0. The topological polar surface area (TPSA) is 28.4 Å². The molecule has 3 nitrogen and oxygen atoms in total. The highest BCUT2D eigenvalue weighted by atomic mass is 16.3. The van der Waals surface area contributed by atoms with Crippen LogP contribution in [0.3, 0.4) is 0 Å². The predicted molar refractivity (Wildman–Crippen MR) is 71.5 cm³/mol. The van der Waals surface area contributed by atoms with Crippen molar-refractivity contribution in [1.82, 2.24) is 0 Å². The molecule has 0 atom stereocenters. The number of rotatable bonds is 4. The third-order valence-electron chi connectivity index (χ3n) is 2.76. The highest BCUT2D eigenvalue weighted by Crippen LogP contribution is 2.20. The van der Waals surface area contributed by atoms with E-state index in [4.69, 9.17) is 4.42 Å². The van der Waals surface area contributed by atoms with Crippen LogP contribution in [0, 0.1) is 6.92 Å². The van der Waals surface area contributed by atoms with Crippen LogP contribution in [0.2, 0.25) is 0 Å². The second-order valence-corrected chi connectivity index (χ2v) is 4.17. The van der Waals surface area contributed by atoms with E-state index in [1.807, 2.05) is 38.2 Å². The number of hydrogen-bond donors (Lipinski definition) is 1. The lowest BCUT2D eigenvalue weighted by Crippen LogP contribution is -2.15. The van der Waals surface area contributed by atoms with Gasteiger partial charge in [0, 0.05) is 25.5 Å². The Morgan fingerprint density at radius 2 is 2.06 bits per heavy atom. The van der Waals surface area contributed by atoms with Crippen molar-refractivity contribution in [3.63, 3.8) is 0 Å². The summed E-state index contributed by atoms with van der Waals surface area (Å²) in [5.74, 6) is 1.94. The first-order chi connectivity index (χ1) is 8.19. The standard InChI is InChI=1S/C14H18N2O/c1-11-7-8-14(17-11)10-16(3)13-6-4-5-12(9-13)15-2/h4-9,15H,10H2,1-3H3. The minimum atomic E-state index is 0.779. The first-order valence-corrected chi connectivity index (χ1v) is 5.73. The predicted octanol–water partition coefficient (Wildman–Crippen LogP) is 3.27. The molecular formula is C14H18N2O. The molecule has 0 saturated heterocycles. The molecule has 3 heteroatoms. The van der Waals surface area contributed by atoms with Gasteiger partial charge in [0.05, 0.1) is 6.54 Å². The summed E-state index contributed by atoms with van der Waals surface area (Å²) in [6, 6.07) is 12.3. The van der Waals surface area contributed by atoms with Crippen LogP contribution >= 0.6 is 0 Å². The lowest BCUT2D eigenvalue weighted by molar-refractivity contribution is 0.482. The Morgan fingerprint density at radius 3 is 2.71 bits per heavy atom. The van der Waals surface area contributed by atoms with Gasteiger partial charge in [-0.15, -0.1) is 0 Å². The zero-order valence-electron chi connectivity index (χ0n) is 10.5. The first-order valence-electron chi connectivity index (χ1n) is 5.73. The molecule has 1 heterocycles. The van der Waals surface area contributed by atoms with Gasteiger partial charge in [0.1, 0.15) is 11.5 Å². The summed E-state index contributed by atoms with van der Waals surface area (Å²) in [7, 11) is 3.99. The van der Waals surface area contributed by atoms with Crippen molar-refractivity contribution in [2.75, 3.05) is 24.3 Å². The van der Waals surface area contributed by atoms with Gasteiger partial charge in [-0.1, -0.05) is 6.07 Å². The average molecular weight is 230 g/mol. The molecule has 2 aromatic rings. The Bertz CT molecular complexity index is 490. The molecule has 0 unspecified atom stereocenters. The quantitative estimate of drug-likeness (QED) is 0.873. The lowest BCUT2D eigenvalue weighted by atomic mass is 10.2. The maximum Gasteiger partial charge on any atom is 0.123 e. The SMILES string of the molecule is CNc1cccc(N(C)Cc2ccc(C)o2)c1. The Labute approximate surface area is 102 Å². The molecule has 0 aliphatic heterocycles. The van der Waals surface area contributed by atoms with E-state index < -0.39 is 0 Å². The highest BCUT2D eigenvalue weighted by Gasteiger charge is 2.05. The van der Waals surface area contributed by atoms with Crippen molar-refractivity contribution < 1.29 is 4.42 Å². The van der Waals surface area contributed by atoms with Crippen LogP contribution in [-0.2, 0) is 6.54 Å². The van der Waals surface area contributed by atoms with Crippen molar-refractivity contribution in [1.29, 1.82) is 0 Å². The number of nitrogens with one attached hydrogen (secondary N) is 1. The van der Waals surface area contributed by atoms with E-state index >= 15 is 0 Å². The van der Waals surface area contributed by atoms with E-state index in [1.54, 1.807) is 0 Å². The number of furan rings is 1. The lowest BCUT2D eigenvalue weighted by Gasteiger charge is -2.18. The number of aryl methyl sites for hydroxylation is 1.